The van der Waals surface area contributed by atoms with Crippen molar-refractivity contribution in [3.63, 3.8) is 0 Å². The van der Waals surface area contributed by atoms with E-state index >= 15 is 0 Å². The summed E-state index contributed by atoms with van der Waals surface area (Å²) in [6.45, 7) is 6.18. The van der Waals surface area contributed by atoms with Crippen LogP contribution in [-0.2, 0) is 0 Å². The lowest BCUT2D eigenvalue weighted by Gasteiger charge is -2.42. The van der Waals surface area contributed by atoms with Gasteiger partial charge >= 0.3 is 0 Å². The van der Waals surface area contributed by atoms with Crippen molar-refractivity contribution in [2.75, 3.05) is 18.8 Å². The van der Waals surface area contributed by atoms with E-state index in [0.29, 0.717) is 5.25 Å². The fraction of sp³-hybridized carbons (Fsp3) is 0.833. The van der Waals surface area contributed by atoms with Gasteiger partial charge in [0.1, 0.15) is 0 Å². The Kier molecular flexibility index (Phi) is 5.72. The van der Waals surface area contributed by atoms with Crippen LogP contribution in [0, 0.1) is 0 Å². The molecule has 1 rings (SSSR count). The Morgan fingerprint density at radius 3 is 3.00 bits per heavy atom. The average molecular weight is 228 g/mol. The number of allylic oxidation sites excluding steroid dienone is 1. The smallest absolute Gasteiger partial charge is 0.0421 e. The first-order valence-corrected chi connectivity index (χ1v) is 6.98. The number of nitrogens with two attached hydrogens (primary N) is 1. The summed E-state index contributed by atoms with van der Waals surface area (Å²) in [7, 11) is 0. The van der Waals surface area contributed by atoms with Crippen molar-refractivity contribution in [2.24, 2.45) is 5.73 Å². The highest BCUT2D eigenvalue weighted by molar-refractivity contribution is 8.00. The van der Waals surface area contributed by atoms with E-state index in [1.54, 1.807) is 0 Å². The van der Waals surface area contributed by atoms with Gasteiger partial charge in [-0.05, 0) is 38.5 Å². The predicted octanol–water partition coefficient (Wildman–Crippen LogP) is 2.16. The minimum atomic E-state index is 0.185. The molecule has 0 aromatic carbocycles. The minimum absolute atomic E-state index is 0.185. The maximum absolute atomic E-state index is 5.95. The molecule has 0 bridgehead atoms. The average Bonchev–Trinajstić information content (AvgIpc) is 2.27. The molecule has 1 aliphatic heterocycles. The van der Waals surface area contributed by atoms with Gasteiger partial charge in [0, 0.05) is 17.3 Å². The molecule has 1 fully saturated rings. The SMILES string of the molecule is C/C=C/CCNC1(CN)CCCSC1C. The first kappa shape index (κ1) is 13.1. The molecule has 88 valence electrons. The van der Waals surface area contributed by atoms with Gasteiger partial charge in [-0.2, -0.15) is 11.8 Å². The van der Waals surface area contributed by atoms with E-state index in [0.717, 1.165) is 19.5 Å². The van der Waals surface area contributed by atoms with E-state index in [2.05, 4.69) is 43.1 Å². The summed E-state index contributed by atoms with van der Waals surface area (Å²) in [6.07, 6.45) is 7.94. The van der Waals surface area contributed by atoms with Crippen LogP contribution < -0.4 is 11.1 Å². The highest BCUT2D eigenvalue weighted by Gasteiger charge is 2.36. The fourth-order valence-corrected chi connectivity index (χ4v) is 3.43. The van der Waals surface area contributed by atoms with E-state index in [1.807, 2.05) is 0 Å². The van der Waals surface area contributed by atoms with Crippen molar-refractivity contribution in [3.05, 3.63) is 12.2 Å². The Morgan fingerprint density at radius 1 is 1.60 bits per heavy atom. The molecule has 0 aromatic rings. The quantitative estimate of drug-likeness (QED) is 0.559. The van der Waals surface area contributed by atoms with Gasteiger partial charge in [-0.3, -0.25) is 0 Å². The Morgan fingerprint density at radius 2 is 2.40 bits per heavy atom. The number of hydrogen-bond donors (Lipinski definition) is 2. The van der Waals surface area contributed by atoms with Crippen LogP contribution in [0.2, 0.25) is 0 Å². The number of thioether (sulfide) groups is 1. The monoisotopic (exact) mass is 228 g/mol. The van der Waals surface area contributed by atoms with Gasteiger partial charge in [-0.1, -0.05) is 19.1 Å². The topological polar surface area (TPSA) is 38.0 Å². The first-order valence-electron chi connectivity index (χ1n) is 5.93. The van der Waals surface area contributed by atoms with Crippen LogP contribution >= 0.6 is 11.8 Å². The zero-order chi connectivity index (χ0) is 11.1. The molecule has 2 unspecified atom stereocenters. The molecule has 1 saturated heterocycles. The third kappa shape index (κ3) is 3.51. The minimum Gasteiger partial charge on any atom is -0.329 e. The van der Waals surface area contributed by atoms with Crippen LogP contribution in [0.25, 0.3) is 0 Å². The Balaban J connectivity index is 2.43. The second kappa shape index (κ2) is 6.56. The summed E-state index contributed by atoms with van der Waals surface area (Å²) >= 11 is 2.05. The zero-order valence-corrected chi connectivity index (χ0v) is 10.8. The normalized spacial score (nSPS) is 32.3. The standard InChI is InChI=1S/C12H24N2S/c1-3-4-5-8-14-12(10-13)7-6-9-15-11(12)2/h3-4,11,14H,5-10,13H2,1-2H3/b4-3+. The summed E-state index contributed by atoms with van der Waals surface area (Å²) < 4.78 is 0. The maximum atomic E-state index is 5.95. The van der Waals surface area contributed by atoms with Crippen molar-refractivity contribution in [3.8, 4) is 0 Å². The van der Waals surface area contributed by atoms with Crippen molar-refractivity contribution in [1.82, 2.24) is 5.32 Å². The molecule has 1 aliphatic rings. The summed E-state index contributed by atoms with van der Waals surface area (Å²) in [6, 6.07) is 0. The van der Waals surface area contributed by atoms with E-state index in [-0.39, 0.29) is 5.54 Å². The molecule has 0 aliphatic carbocycles. The third-order valence-corrected chi connectivity index (χ3v) is 4.78. The van der Waals surface area contributed by atoms with Crippen LogP contribution in [0.5, 0.6) is 0 Å². The summed E-state index contributed by atoms with van der Waals surface area (Å²) in [4.78, 5) is 0. The van der Waals surface area contributed by atoms with Gasteiger partial charge in [-0.15, -0.1) is 0 Å². The largest absolute Gasteiger partial charge is 0.329 e. The molecule has 0 spiro atoms. The van der Waals surface area contributed by atoms with Crippen molar-refractivity contribution in [1.29, 1.82) is 0 Å². The molecule has 0 saturated carbocycles. The van der Waals surface area contributed by atoms with E-state index in [4.69, 9.17) is 5.73 Å². The van der Waals surface area contributed by atoms with Crippen LogP contribution in [0.3, 0.4) is 0 Å². The number of hydrogen-bond acceptors (Lipinski definition) is 3. The molecule has 3 heteroatoms. The molecule has 0 amide bonds. The van der Waals surface area contributed by atoms with Crippen LogP contribution in [0.1, 0.15) is 33.1 Å². The number of nitrogens with one attached hydrogen (secondary N) is 1. The lowest BCUT2D eigenvalue weighted by molar-refractivity contribution is 0.300. The molecule has 1 heterocycles. The second-order valence-corrected chi connectivity index (χ2v) is 5.71. The molecule has 2 nitrogen and oxygen atoms in total. The van der Waals surface area contributed by atoms with Crippen LogP contribution in [0.4, 0.5) is 0 Å². The van der Waals surface area contributed by atoms with Crippen molar-refractivity contribution < 1.29 is 0 Å². The molecule has 0 radical (unpaired) electrons. The molecule has 2 atom stereocenters. The third-order valence-electron chi connectivity index (χ3n) is 3.30. The van der Waals surface area contributed by atoms with Crippen LogP contribution in [0.15, 0.2) is 12.2 Å². The van der Waals surface area contributed by atoms with E-state index in [9.17, 15) is 0 Å². The van der Waals surface area contributed by atoms with Gasteiger partial charge in [0.2, 0.25) is 0 Å². The highest BCUT2D eigenvalue weighted by atomic mass is 32.2. The maximum Gasteiger partial charge on any atom is 0.0421 e. The summed E-state index contributed by atoms with van der Waals surface area (Å²) in [5.41, 5.74) is 6.13. The van der Waals surface area contributed by atoms with Gasteiger partial charge in [0.05, 0.1) is 0 Å². The molecule has 0 aromatic heterocycles. The first-order chi connectivity index (χ1) is 7.25. The predicted molar refractivity (Wildman–Crippen MR) is 70.4 cm³/mol. The summed E-state index contributed by atoms with van der Waals surface area (Å²) in [5.74, 6) is 1.29. The van der Waals surface area contributed by atoms with Crippen molar-refractivity contribution >= 4 is 11.8 Å². The fourth-order valence-electron chi connectivity index (χ4n) is 2.15. The molecular formula is C12H24N2S. The highest BCUT2D eigenvalue weighted by Crippen LogP contribution is 2.33. The molecule has 3 N–H and O–H groups in total. The Labute approximate surface area is 98.1 Å². The Bertz CT molecular complexity index is 206. The second-order valence-electron chi connectivity index (χ2n) is 4.26. The summed E-state index contributed by atoms with van der Waals surface area (Å²) in [5, 5.41) is 4.31. The lowest BCUT2D eigenvalue weighted by atomic mass is 9.89. The van der Waals surface area contributed by atoms with Gasteiger partial charge in [-0.25, -0.2) is 0 Å². The molecule has 15 heavy (non-hydrogen) atoms. The zero-order valence-electron chi connectivity index (χ0n) is 9.96. The van der Waals surface area contributed by atoms with Crippen molar-refractivity contribution in [2.45, 2.75) is 43.9 Å². The van der Waals surface area contributed by atoms with Gasteiger partial charge < -0.3 is 11.1 Å². The van der Waals surface area contributed by atoms with E-state index < -0.39 is 0 Å². The Hall–Kier alpha value is 0.0100. The van der Waals surface area contributed by atoms with Crippen LogP contribution in [-0.4, -0.2) is 29.6 Å². The van der Waals surface area contributed by atoms with Gasteiger partial charge in [0.25, 0.3) is 0 Å². The lowest BCUT2D eigenvalue weighted by Crippen LogP contribution is -2.59. The van der Waals surface area contributed by atoms with Gasteiger partial charge in [0.15, 0.2) is 0 Å². The van der Waals surface area contributed by atoms with E-state index in [1.165, 1.54) is 18.6 Å². The number of rotatable bonds is 5. The molecular weight excluding hydrogens is 204 g/mol.